The number of hydrogen-bond acceptors (Lipinski definition) is 5. The Morgan fingerprint density at radius 2 is 1.94 bits per heavy atom. The van der Waals surface area contributed by atoms with E-state index in [1.807, 2.05) is 41.8 Å². The molecule has 0 bridgehead atoms. The number of oxazole rings is 1. The quantitative estimate of drug-likeness (QED) is 0.322. The van der Waals surface area contributed by atoms with Crippen molar-refractivity contribution in [1.29, 1.82) is 0 Å². The number of halogens is 1. The van der Waals surface area contributed by atoms with E-state index in [4.69, 9.17) is 20.8 Å². The molecule has 2 heterocycles. The molecule has 1 unspecified atom stereocenters. The van der Waals surface area contributed by atoms with Crippen molar-refractivity contribution in [3.8, 4) is 16.5 Å². The largest absolute Gasteiger partial charge is 0.480 e. The van der Waals surface area contributed by atoms with Crippen LogP contribution in [0.1, 0.15) is 6.92 Å². The van der Waals surface area contributed by atoms with E-state index in [1.54, 1.807) is 48.6 Å². The first-order chi connectivity index (χ1) is 15.1. The van der Waals surface area contributed by atoms with Crippen molar-refractivity contribution in [3.05, 3.63) is 77.1 Å². The van der Waals surface area contributed by atoms with Crippen molar-refractivity contribution < 1.29 is 13.9 Å². The summed E-state index contributed by atoms with van der Waals surface area (Å²) in [6.45, 7) is 1.71. The molecule has 5 rings (SSSR count). The number of nitrogens with zero attached hydrogens (tertiary/aromatic N) is 1. The minimum atomic E-state index is -0.709. The van der Waals surface area contributed by atoms with E-state index in [9.17, 15) is 4.79 Å². The molecule has 5 nitrogen and oxygen atoms in total. The van der Waals surface area contributed by atoms with Crippen LogP contribution in [0.25, 0.3) is 32.6 Å². The zero-order chi connectivity index (χ0) is 21.4. The number of amides is 1. The average Bonchev–Trinajstić information content (AvgIpc) is 3.45. The lowest BCUT2D eigenvalue weighted by molar-refractivity contribution is -0.122. The van der Waals surface area contributed by atoms with E-state index in [1.165, 1.54) is 0 Å². The van der Waals surface area contributed by atoms with Crippen LogP contribution in [-0.2, 0) is 4.79 Å². The van der Waals surface area contributed by atoms with Gasteiger partial charge in [0.2, 0.25) is 5.89 Å². The molecule has 2 aromatic heterocycles. The number of ether oxygens (including phenoxy) is 1. The van der Waals surface area contributed by atoms with Gasteiger partial charge in [-0.1, -0.05) is 41.9 Å². The highest BCUT2D eigenvalue weighted by Gasteiger charge is 2.18. The van der Waals surface area contributed by atoms with Crippen molar-refractivity contribution in [2.45, 2.75) is 13.0 Å². The Balaban J connectivity index is 1.34. The Kier molecular flexibility index (Phi) is 5.10. The fraction of sp³-hybridized carbons (Fsp3) is 0.0833. The summed E-state index contributed by atoms with van der Waals surface area (Å²) < 4.78 is 11.8. The third-order valence-corrected chi connectivity index (χ3v) is 6.08. The van der Waals surface area contributed by atoms with Crippen molar-refractivity contribution in [2.24, 2.45) is 0 Å². The van der Waals surface area contributed by atoms with E-state index < -0.39 is 6.10 Å². The fourth-order valence-corrected chi connectivity index (χ4v) is 4.21. The number of thiophene rings is 1. The third-order valence-electron chi connectivity index (χ3n) is 4.89. The second-order valence-corrected chi connectivity index (χ2v) is 8.37. The predicted molar refractivity (Wildman–Crippen MR) is 125 cm³/mol. The molecule has 0 spiro atoms. The Hall–Kier alpha value is -3.35. The summed E-state index contributed by atoms with van der Waals surface area (Å²) >= 11 is 7.83. The van der Waals surface area contributed by atoms with Gasteiger partial charge in [-0.2, -0.15) is 0 Å². The molecule has 0 radical (unpaired) electrons. The highest BCUT2D eigenvalue weighted by atomic mass is 35.5. The molecule has 3 aromatic carbocycles. The number of rotatable bonds is 5. The normalized spacial score (nSPS) is 12.2. The van der Waals surface area contributed by atoms with Crippen LogP contribution < -0.4 is 10.1 Å². The van der Waals surface area contributed by atoms with Gasteiger partial charge in [-0.05, 0) is 48.7 Å². The second-order valence-electron chi connectivity index (χ2n) is 7.02. The molecule has 1 N–H and O–H groups in total. The maximum absolute atomic E-state index is 12.7. The number of fused-ring (bicyclic) bond motifs is 2. The molecule has 1 amide bonds. The summed E-state index contributed by atoms with van der Waals surface area (Å²) in [5.41, 5.74) is 1.97. The molecular weight excluding hydrogens is 432 g/mol. The summed E-state index contributed by atoms with van der Waals surface area (Å²) in [4.78, 5) is 18.2. The van der Waals surface area contributed by atoms with E-state index in [0.717, 1.165) is 15.6 Å². The molecule has 7 heteroatoms. The number of nitrogens with one attached hydrogen (secondary N) is 1. The zero-order valence-electron chi connectivity index (χ0n) is 16.5. The molecular formula is C24H17ClN2O3S. The smallest absolute Gasteiger partial charge is 0.265 e. The Morgan fingerprint density at radius 1 is 1.10 bits per heavy atom. The van der Waals surface area contributed by atoms with E-state index >= 15 is 0 Å². The van der Waals surface area contributed by atoms with Crippen LogP contribution in [-0.4, -0.2) is 17.0 Å². The van der Waals surface area contributed by atoms with Gasteiger partial charge in [-0.3, -0.25) is 4.79 Å². The van der Waals surface area contributed by atoms with Gasteiger partial charge >= 0.3 is 0 Å². The van der Waals surface area contributed by atoms with Crippen LogP contribution in [0.2, 0.25) is 5.02 Å². The molecule has 31 heavy (non-hydrogen) atoms. The van der Waals surface area contributed by atoms with Crippen LogP contribution in [0, 0.1) is 0 Å². The summed E-state index contributed by atoms with van der Waals surface area (Å²) in [7, 11) is 0. The first kappa shape index (κ1) is 19.6. The van der Waals surface area contributed by atoms with Gasteiger partial charge in [0.25, 0.3) is 5.91 Å². The number of hydrogen-bond donors (Lipinski definition) is 1. The lowest BCUT2D eigenvalue weighted by atomic mass is 10.1. The fourth-order valence-electron chi connectivity index (χ4n) is 3.34. The minimum Gasteiger partial charge on any atom is -0.480 e. The Labute approximate surface area is 187 Å². The van der Waals surface area contributed by atoms with Gasteiger partial charge in [0.1, 0.15) is 11.3 Å². The van der Waals surface area contributed by atoms with E-state index in [0.29, 0.717) is 33.4 Å². The van der Waals surface area contributed by atoms with Crippen molar-refractivity contribution >= 4 is 56.4 Å². The number of carbonyl (C=O) groups excluding carboxylic acids is 1. The van der Waals surface area contributed by atoms with Crippen molar-refractivity contribution in [1.82, 2.24) is 4.98 Å². The SMILES string of the molecule is CC(Oc1ccc(Cl)c2ccccc12)C(=O)Nc1ccc2oc(-c3cccs3)nc2c1. The Bertz CT molecular complexity index is 1400. The number of anilines is 1. The monoisotopic (exact) mass is 448 g/mol. The maximum Gasteiger partial charge on any atom is 0.265 e. The molecule has 1 atom stereocenters. The minimum absolute atomic E-state index is 0.264. The van der Waals surface area contributed by atoms with Gasteiger partial charge in [0, 0.05) is 21.5 Å². The first-order valence-electron chi connectivity index (χ1n) is 9.68. The van der Waals surface area contributed by atoms with E-state index in [-0.39, 0.29) is 5.91 Å². The van der Waals surface area contributed by atoms with Crippen LogP contribution in [0.3, 0.4) is 0 Å². The van der Waals surface area contributed by atoms with Crippen LogP contribution in [0.15, 0.2) is 76.5 Å². The molecule has 0 fully saturated rings. The molecule has 5 aromatic rings. The van der Waals surface area contributed by atoms with Gasteiger partial charge in [-0.15, -0.1) is 11.3 Å². The lowest BCUT2D eigenvalue weighted by Gasteiger charge is -2.16. The van der Waals surface area contributed by atoms with Crippen LogP contribution in [0.4, 0.5) is 5.69 Å². The first-order valence-corrected chi connectivity index (χ1v) is 10.9. The Morgan fingerprint density at radius 3 is 2.74 bits per heavy atom. The number of aromatic nitrogens is 1. The zero-order valence-corrected chi connectivity index (χ0v) is 18.0. The summed E-state index contributed by atoms with van der Waals surface area (Å²) in [6, 6.07) is 20.5. The standard InChI is InChI=1S/C24H17ClN2O3S/c1-14(29-20-11-9-18(25)16-5-2-3-6-17(16)20)23(28)26-15-8-10-21-19(13-15)27-24(30-21)22-7-4-12-31-22/h2-14H,1H3,(H,26,28). The lowest BCUT2D eigenvalue weighted by Crippen LogP contribution is -2.30. The van der Waals surface area contributed by atoms with Crippen molar-refractivity contribution in [3.63, 3.8) is 0 Å². The molecule has 0 aliphatic rings. The number of benzene rings is 3. The summed E-state index contributed by atoms with van der Waals surface area (Å²) in [5, 5.41) is 7.25. The second kappa shape index (κ2) is 8.06. The molecule has 0 saturated heterocycles. The van der Waals surface area contributed by atoms with Gasteiger partial charge in [0.05, 0.1) is 4.88 Å². The molecule has 0 aliphatic heterocycles. The highest BCUT2D eigenvalue weighted by molar-refractivity contribution is 7.13. The van der Waals surface area contributed by atoms with Crippen LogP contribution in [0.5, 0.6) is 5.75 Å². The van der Waals surface area contributed by atoms with Gasteiger partial charge < -0.3 is 14.5 Å². The molecule has 0 aliphatic carbocycles. The maximum atomic E-state index is 12.7. The molecule has 154 valence electrons. The van der Waals surface area contributed by atoms with Crippen LogP contribution >= 0.6 is 22.9 Å². The van der Waals surface area contributed by atoms with Crippen molar-refractivity contribution in [2.75, 3.05) is 5.32 Å². The predicted octanol–water partition coefficient (Wildman–Crippen LogP) is 6.77. The topological polar surface area (TPSA) is 64.4 Å². The summed E-state index contributed by atoms with van der Waals surface area (Å²) in [5.74, 6) is 0.912. The third kappa shape index (κ3) is 3.87. The van der Waals surface area contributed by atoms with E-state index in [2.05, 4.69) is 10.3 Å². The molecule has 0 saturated carbocycles. The average molecular weight is 449 g/mol. The highest BCUT2D eigenvalue weighted by Crippen LogP contribution is 2.32. The summed E-state index contributed by atoms with van der Waals surface area (Å²) in [6.07, 6.45) is -0.709. The van der Waals surface area contributed by atoms with Gasteiger partial charge in [0.15, 0.2) is 11.7 Å². The van der Waals surface area contributed by atoms with Gasteiger partial charge in [-0.25, -0.2) is 4.98 Å². The number of carbonyl (C=O) groups is 1.